The highest BCUT2D eigenvalue weighted by Crippen LogP contribution is 2.18. The predicted octanol–water partition coefficient (Wildman–Crippen LogP) is 3.28. The van der Waals surface area contributed by atoms with Crippen LogP contribution in [0.2, 0.25) is 0 Å². The summed E-state index contributed by atoms with van der Waals surface area (Å²) in [5, 5.41) is 10.8. The molecule has 0 unspecified atom stereocenters. The van der Waals surface area contributed by atoms with E-state index in [4.69, 9.17) is 25.4 Å². The lowest BCUT2D eigenvalue weighted by atomic mass is 10.2. The zero-order valence-corrected chi connectivity index (χ0v) is 17.7. The van der Waals surface area contributed by atoms with E-state index in [2.05, 4.69) is 5.92 Å². The van der Waals surface area contributed by atoms with Crippen molar-refractivity contribution in [1.29, 1.82) is 0 Å². The van der Waals surface area contributed by atoms with Gasteiger partial charge in [-0.25, -0.2) is 4.79 Å². The molecule has 2 aromatic carbocycles. The Morgan fingerprint density at radius 2 is 1.56 bits per heavy atom. The van der Waals surface area contributed by atoms with Crippen molar-refractivity contribution in [3.05, 3.63) is 70.3 Å². The second kappa shape index (κ2) is 14.5. The summed E-state index contributed by atoms with van der Waals surface area (Å²) >= 11 is 0. The first kappa shape index (κ1) is 24.8. The maximum atomic E-state index is 12.7. The minimum atomic E-state index is -0.576. The fourth-order valence-corrected chi connectivity index (χ4v) is 2.59. The maximum Gasteiger partial charge on any atom is 0.415 e. The van der Waals surface area contributed by atoms with E-state index in [9.17, 15) is 14.9 Å². The van der Waals surface area contributed by atoms with Crippen molar-refractivity contribution in [3.63, 3.8) is 0 Å². The average molecular weight is 442 g/mol. The fourth-order valence-electron chi connectivity index (χ4n) is 2.59. The van der Waals surface area contributed by atoms with Crippen LogP contribution in [0.25, 0.3) is 0 Å². The Labute approximate surface area is 187 Å². The van der Waals surface area contributed by atoms with E-state index < -0.39 is 11.0 Å². The van der Waals surface area contributed by atoms with Crippen molar-refractivity contribution < 1.29 is 28.7 Å². The van der Waals surface area contributed by atoms with Crippen LogP contribution in [0.3, 0.4) is 0 Å². The Morgan fingerprint density at radius 1 is 0.938 bits per heavy atom. The molecule has 0 fully saturated rings. The van der Waals surface area contributed by atoms with Gasteiger partial charge in [0.15, 0.2) is 0 Å². The van der Waals surface area contributed by atoms with E-state index in [-0.39, 0.29) is 18.0 Å². The Morgan fingerprint density at radius 3 is 2.19 bits per heavy atom. The second-order valence-corrected chi connectivity index (χ2v) is 6.51. The number of carbonyl (C=O) groups excluding carboxylic acids is 1. The third-order valence-corrected chi connectivity index (χ3v) is 4.16. The highest BCUT2D eigenvalue weighted by atomic mass is 16.6. The van der Waals surface area contributed by atoms with Gasteiger partial charge in [-0.2, -0.15) is 0 Å². The molecule has 0 aliphatic carbocycles. The normalized spacial score (nSPS) is 10.3. The van der Waals surface area contributed by atoms with Gasteiger partial charge in [0, 0.05) is 25.2 Å². The van der Waals surface area contributed by atoms with Crippen LogP contribution >= 0.6 is 0 Å². The number of nitro benzene ring substituents is 1. The summed E-state index contributed by atoms with van der Waals surface area (Å²) in [6.45, 7) is 2.78. The molecule has 0 spiro atoms. The molecule has 0 radical (unpaired) electrons. The average Bonchev–Trinajstić information content (AvgIpc) is 2.80. The van der Waals surface area contributed by atoms with Crippen LogP contribution in [-0.2, 0) is 20.8 Å². The van der Waals surface area contributed by atoms with Gasteiger partial charge in [-0.3, -0.25) is 10.1 Å². The molecule has 0 aliphatic heterocycles. The third-order valence-electron chi connectivity index (χ3n) is 4.16. The zero-order valence-electron chi connectivity index (χ0n) is 17.7. The first-order chi connectivity index (χ1) is 15.6. The minimum Gasteiger partial charge on any atom is -0.410 e. The smallest absolute Gasteiger partial charge is 0.410 e. The Kier molecular flexibility index (Phi) is 11.3. The number of nitrogens with zero attached hydrogens (tertiary/aromatic N) is 2. The molecule has 0 aromatic heterocycles. The molecule has 32 heavy (non-hydrogen) atoms. The van der Waals surface area contributed by atoms with E-state index in [1.165, 1.54) is 29.2 Å². The number of non-ortho nitro benzene ring substituents is 1. The van der Waals surface area contributed by atoms with Crippen molar-refractivity contribution in [2.24, 2.45) is 0 Å². The SMILES string of the molecule is C#CCOCCOCCOCCN(Cc1ccccc1)C(=O)Oc1ccc([N+](=O)[O-])cc1. The number of ether oxygens (including phenoxy) is 4. The summed E-state index contributed by atoms with van der Waals surface area (Å²) in [4.78, 5) is 24.4. The quantitative estimate of drug-likeness (QED) is 0.192. The minimum absolute atomic E-state index is 0.0795. The van der Waals surface area contributed by atoms with Gasteiger partial charge >= 0.3 is 6.09 Å². The van der Waals surface area contributed by atoms with Gasteiger partial charge in [0.25, 0.3) is 5.69 Å². The molecule has 0 bridgehead atoms. The predicted molar refractivity (Wildman–Crippen MR) is 117 cm³/mol. The fraction of sp³-hybridized carbons (Fsp3) is 0.348. The number of terminal acetylenes is 1. The molecule has 0 atom stereocenters. The van der Waals surface area contributed by atoms with Crippen molar-refractivity contribution in [2.75, 3.05) is 46.2 Å². The maximum absolute atomic E-state index is 12.7. The number of rotatable bonds is 14. The molecule has 2 rings (SSSR count). The first-order valence-corrected chi connectivity index (χ1v) is 10.0. The van der Waals surface area contributed by atoms with Gasteiger partial charge in [0.1, 0.15) is 12.4 Å². The summed E-state index contributed by atoms with van der Waals surface area (Å²) in [7, 11) is 0. The molecule has 0 saturated carbocycles. The number of carbonyl (C=O) groups is 1. The molecule has 170 valence electrons. The molecule has 1 amide bonds. The lowest BCUT2D eigenvalue weighted by molar-refractivity contribution is -0.384. The van der Waals surface area contributed by atoms with E-state index in [1.807, 2.05) is 30.3 Å². The van der Waals surface area contributed by atoms with Crippen LogP contribution in [0.1, 0.15) is 5.56 Å². The second-order valence-electron chi connectivity index (χ2n) is 6.51. The molecular weight excluding hydrogens is 416 g/mol. The van der Waals surface area contributed by atoms with Crippen LogP contribution in [0.4, 0.5) is 10.5 Å². The molecule has 9 heteroatoms. The zero-order chi connectivity index (χ0) is 23.0. The summed E-state index contributed by atoms with van der Waals surface area (Å²) in [6.07, 6.45) is 4.51. The molecular formula is C23H26N2O7. The molecule has 2 aromatic rings. The number of hydrogen-bond acceptors (Lipinski definition) is 7. The van der Waals surface area contributed by atoms with Crippen LogP contribution < -0.4 is 4.74 Å². The summed E-state index contributed by atoms with van der Waals surface area (Å²) in [5.41, 5.74) is 0.854. The first-order valence-electron chi connectivity index (χ1n) is 10.0. The number of benzene rings is 2. The largest absolute Gasteiger partial charge is 0.415 e. The Hall–Kier alpha value is -3.45. The monoisotopic (exact) mass is 442 g/mol. The van der Waals surface area contributed by atoms with Crippen LogP contribution in [0.5, 0.6) is 5.75 Å². The van der Waals surface area contributed by atoms with Crippen molar-refractivity contribution in [3.8, 4) is 18.1 Å². The lowest BCUT2D eigenvalue weighted by Gasteiger charge is -2.22. The van der Waals surface area contributed by atoms with Crippen molar-refractivity contribution >= 4 is 11.8 Å². The molecule has 9 nitrogen and oxygen atoms in total. The van der Waals surface area contributed by atoms with Gasteiger partial charge in [-0.05, 0) is 17.7 Å². The van der Waals surface area contributed by atoms with Gasteiger partial charge < -0.3 is 23.8 Å². The summed E-state index contributed by atoms with van der Waals surface area (Å²) in [6, 6.07) is 14.8. The number of nitro groups is 1. The van der Waals surface area contributed by atoms with E-state index in [0.29, 0.717) is 46.1 Å². The highest BCUT2D eigenvalue weighted by molar-refractivity contribution is 5.70. The lowest BCUT2D eigenvalue weighted by Crippen LogP contribution is -2.36. The van der Waals surface area contributed by atoms with Crippen LogP contribution in [-0.4, -0.2) is 62.1 Å². The van der Waals surface area contributed by atoms with Crippen LogP contribution in [0, 0.1) is 22.5 Å². The Bertz CT molecular complexity index is 866. The number of amides is 1. The van der Waals surface area contributed by atoms with E-state index in [0.717, 1.165) is 5.56 Å². The van der Waals surface area contributed by atoms with Crippen LogP contribution in [0.15, 0.2) is 54.6 Å². The van der Waals surface area contributed by atoms with Gasteiger partial charge in [0.05, 0.1) is 38.0 Å². The Balaban J connectivity index is 1.81. The molecule has 0 N–H and O–H groups in total. The van der Waals surface area contributed by atoms with Crippen molar-refractivity contribution in [2.45, 2.75) is 6.54 Å². The van der Waals surface area contributed by atoms with Gasteiger partial charge in [-0.1, -0.05) is 36.3 Å². The molecule has 0 saturated heterocycles. The van der Waals surface area contributed by atoms with Gasteiger partial charge in [-0.15, -0.1) is 6.42 Å². The topological polar surface area (TPSA) is 100 Å². The van der Waals surface area contributed by atoms with Crippen molar-refractivity contribution in [1.82, 2.24) is 4.90 Å². The summed E-state index contributed by atoms with van der Waals surface area (Å²) < 4.78 is 21.4. The number of hydrogen-bond donors (Lipinski definition) is 0. The van der Waals surface area contributed by atoms with E-state index in [1.54, 1.807) is 0 Å². The summed E-state index contributed by atoms with van der Waals surface area (Å²) in [5.74, 6) is 2.60. The molecule has 0 heterocycles. The highest BCUT2D eigenvalue weighted by Gasteiger charge is 2.17. The third kappa shape index (κ3) is 9.57. The van der Waals surface area contributed by atoms with E-state index >= 15 is 0 Å². The van der Waals surface area contributed by atoms with Gasteiger partial charge in [0.2, 0.25) is 0 Å². The molecule has 0 aliphatic rings. The standard InChI is InChI=1S/C23H26N2O7/c1-2-13-29-15-17-31-18-16-30-14-12-24(19-20-6-4-3-5-7-20)23(26)32-22-10-8-21(9-11-22)25(27)28/h1,3-11H,12-19H2.